The molecule has 11 atom stereocenters. The highest BCUT2D eigenvalue weighted by Crippen LogP contribution is 2.63. The molecule has 15 heteroatoms. The molecule has 2 saturated heterocycles. The lowest BCUT2D eigenvalue weighted by Crippen LogP contribution is -2.76. The number of carbonyl (C=O) groups is 6. The van der Waals surface area contributed by atoms with E-state index in [2.05, 4.69) is 0 Å². The maximum atomic E-state index is 13.5. The van der Waals surface area contributed by atoms with Crippen LogP contribution >= 0.6 is 0 Å². The predicted octanol–water partition coefficient (Wildman–Crippen LogP) is 0.857. The Morgan fingerprint density at radius 1 is 0.917 bits per heavy atom. The van der Waals surface area contributed by atoms with Gasteiger partial charge in [0, 0.05) is 40.0 Å². The molecule has 2 aliphatic heterocycles. The number of hydrogen-bond donors (Lipinski definition) is 2. The zero-order valence-electron chi connectivity index (χ0n) is 28.3. The lowest BCUT2D eigenvalue weighted by molar-refractivity contribution is -0.279. The Bertz CT molecular complexity index is 1390. The molecule has 266 valence electrons. The number of fused-ring (bicyclic) bond motifs is 3. The van der Waals surface area contributed by atoms with Gasteiger partial charge in [0.25, 0.3) is 0 Å². The first-order valence-electron chi connectivity index (χ1n) is 15.8. The molecule has 4 aliphatic rings. The molecular weight excluding hydrogens is 636 g/mol. The Labute approximate surface area is 277 Å². The van der Waals surface area contributed by atoms with Gasteiger partial charge in [-0.15, -0.1) is 0 Å². The third-order valence-electron chi connectivity index (χ3n) is 9.53. The van der Waals surface area contributed by atoms with Gasteiger partial charge in [-0.25, -0.2) is 0 Å². The van der Waals surface area contributed by atoms with Crippen molar-refractivity contribution in [3.8, 4) is 0 Å². The molecule has 1 saturated carbocycles. The number of epoxide rings is 1. The minimum absolute atomic E-state index is 0.103. The second-order valence-electron chi connectivity index (χ2n) is 13.5. The summed E-state index contributed by atoms with van der Waals surface area (Å²) in [6, 6.07) is 0. The average Bonchev–Trinajstić information content (AvgIpc) is 3.71. The molecule has 0 aromatic heterocycles. The van der Waals surface area contributed by atoms with Crippen molar-refractivity contribution in [2.24, 2.45) is 23.2 Å². The summed E-state index contributed by atoms with van der Waals surface area (Å²) in [7, 11) is 0. The fourth-order valence-corrected chi connectivity index (χ4v) is 7.46. The molecule has 0 unspecified atom stereocenters. The van der Waals surface area contributed by atoms with Crippen LogP contribution in [-0.4, -0.2) is 107 Å². The summed E-state index contributed by atoms with van der Waals surface area (Å²) in [6.07, 6.45) is -5.47. The summed E-state index contributed by atoms with van der Waals surface area (Å²) in [5.41, 5.74) is -5.85. The molecule has 4 rings (SSSR count). The van der Waals surface area contributed by atoms with Gasteiger partial charge in [0.05, 0.1) is 24.5 Å². The molecule has 0 bridgehead atoms. The van der Waals surface area contributed by atoms with Gasteiger partial charge in [-0.05, 0) is 30.6 Å². The number of esters is 6. The topological polar surface area (TPSA) is 211 Å². The minimum Gasteiger partial charge on any atom is -0.459 e. The zero-order valence-corrected chi connectivity index (χ0v) is 28.3. The van der Waals surface area contributed by atoms with E-state index in [4.69, 9.17) is 33.2 Å². The van der Waals surface area contributed by atoms with Crippen molar-refractivity contribution in [3.05, 3.63) is 23.8 Å². The van der Waals surface area contributed by atoms with E-state index in [1.807, 2.05) is 0 Å². The summed E-state index contributed by atoms with van der Waals surface area (Å²) in [5.74, 6) is -7.97. The van der Waals surface area contributed by atoms with Crippen molar-refractivity contribution in [2.45, 2.75) is 110 Å². The van der Waals surface area contributed by atoms with Crippen LogP contribution in [0.15, 0.2) is 23.8 Å². The molecule has 0 amide bonds. The van der Waals surface area contributed by atoms with Crippen molar-refractivity contribution in [2.75, 3.05) is 13.2 Å². The summed E-state index contributed by atoms with van der Waals surface area (Å²) >= 11 is 0. The van der Waals surface area contributed by atoms with Gasteiger partial charge < -0.3 is 43.4 Å². The van der Waals surface area contributed by atoms with Crippen LogP contribution < -0.4 is 0 Å². The van der Waals surface area contributed by atoms with Crippen LogP contribution in [0.25, 0.3) is 0 Å². The van der Waals surface area contributed by atoms with Gasteiger partial charge in [-0.1, -0.05) is 26.8 Å². The van der Waals surface area contributed by atoms with E-state index in [-0.39, 0.29) is 24.5 Å². The Kier molecular flexibility index (Phi) is 10.5. The second kappa shape index (κ2) is 13.6. The number of aliphatic hydroxyl groups excluding tert-OH is 1. The number of rotatable bonds is 8. The lowest BCUT2D eigenvalue weighted by Gasteiger charge is -2.59. The maximum absolute atomic E-state index is 13.5. The third-order valence-corrected chi connectivity index (χ3v) is 9.53. The Morgan fingerprint density at radius 2 is 1.48 bits per heavy atom. The number of aliphatic hydroxyl groups is 2. The summed E-state index contributed by atoms with van der Waals surface area (Å²) in [4.78, 5) is 77.6. The molecule has 3 fully saturated rings. The SMILES string of the molecule is CC(=O)O[C@H]1[C@@H](OC(C)=O)[C@]2(CO2)[C@@H]2[C@H](OC(C)=O)[C@@]3(O)[C@H](/C=C(CO)\C=C/[C@H](OC(C)=O)[C@@]2(C)[C@H]1OC(=O)CC(C)C)OC(=O)[C@@H]3C. The first-order chi connectivity index (χ1) is 22.3. The van der Waals surface area contributed by atoms with Gasteiger partial charge in [0.2, 0.25) is 0 Å². The summed E-state index contributed by atoms with van der Waals surface area (Å²) < 4.78 is 41.1. The van der Waals surface area contributed by atoms with Crippen molar-refractivity contribution in [3.63, 3.8) is 0 Å². The van der Waals surface area contributed by atoms with Crippen molar-refractivity contribution in [1.29, 1.82) is 0 Å². The number of hydrogen-bond acceptors (Lipinski definition) is 15. The van der Waals surface area contributed by atoms with Crippen molar-refractivity contribution >= 4 is 35.8 Å². The van der Waals surface area contributed by atoms with E-state index in [1.54, 1.807) is 13.8 Å². The predicted molar refractivity (Wildman–Crippen MR) is 160 cm³/mol. The van der Waals surface area contributed by atoms with E-state index in [9.17, 15) is 39.0 Å². The highest BCUT2D eigenvalue weighted by molar-refractivity contribution is 5.78. The molecule has 0 aromatic rings. The zero-order chi connectivity index (χ0) is 35.9. The van der Waals surface area contributed by atoms with Gasteiger partial charge in [0.1, 0.15) is 17.8 Å². The van der Waals surface area contributed by atoms with Crippen LogP contribution in [0.2, 0.25) is 0 Å². The van der Waals surface area contributed by atoms with Crippen molar-refractivity contribution < 1.29 is 72.1 Å². The first kappa shape index (κ1) is 37.0. The number of carbonyl (C=O) groups excluding carboxylic acids is 6. The summed E-state index contributed by atoms with van der Waals surface area (Å²) in [6.45, 7) is 9.98. The van der Waals surface area contributed by atoms with Crippen LogP contribution in [0, 0.1) is 23.2 Å². The largest absolute Gasteiger partial charge is 0.459 e. The molecule has 0 aromatic carbocycles. The molecule has 15 nitrogen and oxygen atoms in total. The van der Waals surface area contributed by atoms with Gasteiger partial charge in [-0.2, -0.15) is 0 Å². The molecule has 2 aliphatic carbocycles. The van der Waals surface area contributed by atoms with Gasteiger partial charge in [-0.3, -0.25) is 28.8 Å². The molecule has 2 N–H and O–H groups in total. The molecule has 0 radical (unpaired) electrons. The fourth-order valence-electron chi connectivity index (χ4n) is 7.46. The normalized spacial score (nSPS) is 40.2. The van der Waals surface area contributed by atoms with Crippen LogP contribution in [0.1, 0.15) is 61.8 Å². The van der Waals surface area contributed by atoms with Crippen LogP contribution in [0.4, 0.5) is 0 Å². The van der Waals surface area contributed by atoms with Crippen LogP contribution in [0.5, 0.6) is 0 Å². The second-order valence-corrected chi connectivity index (χ2v) is 13.5. The minimum atomic E-state index is -2.39. The van der Waals surface area contributed by atoms with E-state index in [1.165, 1.54) is 32.1 Å². The van der Waals surface area contributed by atoms with E-state index >= 15 is 0 Å². The lowest BCUT2D eigenvalue weighted by atomic mass is 9.51. The van der Waals surface area contributed by atoms with Crippen LogP contribution in [-0.2, 0) is 61.9 Å². The Balaban J connectivity index is 2.16. The first-order valence-corrected chi connectivity index (χ1v) is 15.8. The smallest absolute Gasteiger partial charge is 0.312 e. The quantitative estimate of drug-likeness (QED) is 0.207. The Morgan fingerprint density at radius 3 is 1.98 bits per heavy atom. The van der Waals surface area contributed by atoms with Crippen LogP contribution in [0.3, 0.4) is 0 Å². The summed E-state index contributed by atoms with van der Waals surface area (Å²) in [5, 5.41) is 23.0. The molecule has 48 heavy (non-hydrogen) atoms. The van der Waals surface area contributed by atoms with Gasteiger partial charge in [0.15, 0.2) is 30.0 Å². The Hall–Kier alpha value is -3.82. The molecule has 1 spiro atoms. The highest BCUT2D eigenvalue weighted by Gasteiger charge is 2.81. The third kappa shape index (κ3) is 6.59. The highest BCUT2D eigenvalue weighted by atomic mass is 16.7. The number of ether oxygens (including phenoxy) is 7. The standard InChI is InChI=1S/C33H44O15/c1-15(2)11-24(39)48-27-25(44-18(5)36)28(45-19(6)37)32(14-42-32)26-29(46-20(7)38)33(41)16(3)30(40)47-23(33)12-21(13-34)9-10-22(31(26,27)8)43-17(4)35/h9-10,12,15-16,22-23,25-29,34,41H,11,13-14H2,1-8H3/b10-9-,21-12+/t16-,22-,23-,25+,26+,27-,28+,29-,31+,32-,33-/m0/s1. The van der Waals surface area contributed by atoms with E-state index in [0.717, 1.165) is 27.7 Å². The monoisotopic (exact) mass is 680 g/mol. The van der Waals surface area contributed by atoms with E-state index in [0.29, 0.717) is 0 Å². The van der Waals surface area contributed by atoms with Crippen molar-refractivity contribution in [1.82, 2.24) is 0 Å². The average molecular weight is 681 g/mol. The fraction of sp³-hybridized carbons (Fsp3) is 0.697. The van der Waals surface area contributed by atoms with Gasteiger partial charge >= 0.3 is 35.8 Å². The van der Waals surface area contributed by atoms with E-state index < -0.39 is 107 Å². The molecule has 2 heterocycles. The molecular formula is C33H44O15. The maximum Gasteiger partial charge on any atom is 0.312 e.